The number of hydrogen-bond donors (Lipinski definition) is 1. The Morgan fingerprint density at radius 3 is 2.29 bits per heavy atom. The van der Waals surface area contributed by atoms with Crippen LogP contribution in [0.15, 0.2) is 48.5 Å². The molecule has 0 radical (unpaired) electrons. The topological polar surface area (TPSA) is 61.0 Å². The molecule has 0 bridgehead atoms. The third kappa shape index (κ3) is 2.94. The number of aromatic nitrogens is 2. The van der Waals surface area contributed by atoms with E-state index >= 15 is 0 Å². The number of fused-ring (bicyclic) bond motifs is 1. The third-order valence-electron chi connectivity index (χ3n) is 3.24. The Kier molecular flexibility index (Phi) is 3.69. The first kappa shape index (κ1) is 13.4. The molecule has 2 N–H and O–H groups in total. The average molecular weight is 279 g/mol. The van der Waals surface area contributed by atoms with Crippen LogP contribution >= 0.6 is 0 Å². The summed E-state index contributed by atoms with van der Waals surface area (Å²) in [6, 6.07) is 15.6. The lowest BCUT2D eigenvalue weighted by molar-refractivity contribution is 0.465. The number of anilines is 1. The molecule has 0 aliphatic carbocycles. The van der Waals surface area contributed by atoms with Crippen LogP contribution in [0.2, 0.25) is 0 Å². The van der Waals surface area contributed by atoms with Gasteiger partial charge in [-0.25, -0.2) is 9.97 Å². The van der Waals surface area contributed by atoms with E-state index in [0.717, 1.165) is 23.9 Å². The van der Waals surface area contributed by atoms with Gasteiger partial charge in [0.05, 0.1) is 11.0 Å². The first-order chi connectivity index (χ1) is 10.3. The summed E-state index contributed by atoms with van der Waals surface area (Å²) in [5, 5.41) is 0. The monoisotopic (exact) mass is 279 g/mol. The summed E-state index contributed by atoms with van der Waals surface area (Å²) in [5.41, 5.74) is 8.74. The van der Waals surface area contributed by atoms with Crippen LogP contribution in [0, 0.1) is 0 Å². The molecule has 0 spiro atoms. The normalized spacial score (nSPS) is 10.7. The standard InChI is InChI=1S/C17H17N3O/c1-2-5-12-8-10-13(11-9-12)21-17-16(18)19-14-6-3-4-7-15(14)20-17/h3-4,6-11H,2,5H2,1H3,(H2,18,19). The van der Waals surface area contributed by atoms with Crippen molar-refractivity contribution >= 4 is 16.9 Å². The van der Waals surface area contributed by atoms with E-state index < -0.39 is 0 Å². The van der Waals surface area contributed by atoms with Crippen molar-refractivity contribution in [2.45, 2.75) is 19.8 Å². The Bertz CT molecular complexity index is 754. The van der Waals surface area contributed by atoms with Crippen LogP contribution in [0.5, 0.6) is 11.6 Å². The molecule has 3 aromatic rings. The van der Waals surface area contributed by atoms with Gasteiger partial charge in [-0.3, -0.25) is 0 Å². The second-order valence-electron chi connectivity index (χ2n) is 4.90. The second-order valence-corrected chi connectivity index (χ2v) is 4.90. The Morgan fingerprint density at radius 2 is 1.62 bits per heavy atom. The predicted octanol–water partition coefficient (Wildman–Crippen LogP) is 3.96. The fraction of sp³-hybridized carbons (Fsp3) is 0.176. The molecule has 1 heterocycles. The summed E-state index contributed by atoms with van der Waals surface area (Å²) in [6.07, 6.45) is 2.20. The van der Waals surface area contributed by atoms with Crippen molar-refractivity contribution in [3.8, 4) is 11.6 Å². The molecule has 4 nitrogen and oxygen atoms in total. The highest BCUT2D eigenvalue weighted by molar-refractivity contribution is 5.76. The molecule has 0 amide bonds. The first-order valence-electron chi connectivity index (χ1n) is 7.05. The van der Waals surface area contributed by atoms with Gasteiger partial charge >= 0.3 is 0 Å². The Morgan fingerprint density at radius 1 is 0.952 bits per heavy atom. The van der Waals surface area contributed by atoms with Crippen LogP contribution in [-0.4, -0.2) is 9.97 Å². The van der Waals surface area contributed by atoms with Crippen molar-refractivity contribution in [1.82, 2.24) is 9.97 Å². The first-order valence-corrected chi connectivity index (χ1v) is 7.05. The lowest BCUT2D eigenvalue weighted by Crippen LogP contribution is -1.99. The summed E-state index contributed by atoms with van der Waals surface area (Å²) >= 11 is 0. The number of nitrogen functional groups attached to an aromatic ring is 1. The third-order valence-corrected chi connectivity index (χ3v) is 3.24. The minimum atomic E-state index is 0.298. The fourth-order valence-electron chi connectivity index (χ4n) is 2.20. The van der Waals surface area contributed by atoms with Crippen molar-refractivity contribution in [1.29, 1.82) is 0 Å². The fourth-order valence-corrected chi connectivity index (χ4v) is 2.20. The number of hydrogen-bond acceptors (Lipinski definition) is 4. The summed E-state index contributed by atoms with van der Waals surface area (Å²) in [5.74, 6) is 1.36. The number of ether oxygens (including phenoxy) is 1. The lowest BCUT2D eigenvalue weighted by Gasteiger charge is -2.08. The molecule has 4 heteroatoms. The van der Waals surface area contributed by atoms with Gasteiger partial charge in [0.25, 0.3) is 5.88 Å². The number of rotatable bonds is 4. The van der Waals surface area contributed by atoms with Gasteiger partial charge in [-0.2, -0.15) is 0 Å². The summed E-state index contributed by atoms with van der Waals surface area (Å²) in [6.45, 7) is 2.16. The molecule has 21 heavy (non-hydrogen) atoms. The molecule has 106 valence electrons. The van der Waals surface area contributed by atoms with Crippen LogP contribution in [-0.2, 0) is 6.42 Å². The highest BCUT2D eigenvalue weighted by Gasteiger charge is 2.08. The Labute approximate surface area is 123 Å². The number of benzene rings is 2. The number of nitrogens with zero attached hydrogens (tertiary/aromatic N) is 2. The van der Waals surface area contributed by atoms with E-state index in [-0.39, 0.29) is 0 Å². The van der Waals surface area contributed by atoms with Gasteiger partial charge in [0.15, 0.2) is 5.82 Å². The Hall–Kier alpha value is -2.62. The maximum absolute atomic E-state index is 5.91. The molecule has 1 aromatic heterocycles. The maximum atomic E-state index is 5.91. The predicted molar refractivity (Wildman–Crippen MR) is 84.5 cm³/mol. The number of nitrogens with two attached hydrogens (primary N) is 1. The lowest BCUT2D eigenvalue weighted by atomic mass is 10.1. The van der Waals surface area contributed by atoms with Crippen LogP contribution in [0.1, 0.15) is 18.9 Å². The average Bonchev–Trinajstić information content (AvgIpc) is 2.50. The van der Waals surface area contributed by atoms with Crippen molar-refractivity contribution in [2.24, 2.45) is 0 Å². The van der Waals surface area contributed by atoms with Gasteiger partial charge in [-0.05, 0) is 36.2 Å². The molecule has 2 aromatic carbocycles. The van der Waals surface area contributed by atoms with Gasteiger partial charge in [0.1, 0.15) is 5.75 Å². The van der Waals surface area contributed by atoms with Crippen molar-refractivity contribution in [2.75, 3.05) is 5.73 Å². The highest BCUT2D eigenvalue weighted by atomic mass is 16.5. The summed E-state index contributed by atoms with van der Waals surface area (Å²) in [7, 11) is 0. The molecule has 0 fully saturated rings. The van der Waals surface area contributed by atoms with Crippen molar-refractivity contribution in [3.63, 3.8) is 0 Å². The van der Waals surface area contributed by atoms with E-state index in [2.05, 4.69) is 29.0 Å². The number of para-hydroxylation sites is 2. The molecule has 0 saturated carbocycles. The van der Waals surface area contributed by atoms with E-state index in [9.17, 15) is 0 Å². The zero-order valence-electron chi connectivity index (χ0n) is 11.9. The summed E-state index contributed by atoms with van der Waals surface area (Å²) < 4.78 is 5.75. The number of aryl methyl sites for hydroxylation is 1. The van der Waals surface area contributed by atoms with Crippen LogP contribution in [0.25, 0.3) is 11.0 Å². The van der Waals surface area contributed by atoms with E-state index in [1.807, 2.05) is 36.4 Å². The van der Waals surface area contributed by atoms with E-state index in [1.165, 1.54) is 5.56 Å². The zero-order chi connectivity index (χ0) is 14.7. The highest BCUT2D eigenvalue weighted by Crippen LogP contribution is 2.26. The molecule has 0 aliphatic rings. The molecular formula is C17H17N3O. The van der Waals surface area contributed by atoms with Crippen LogP contribution in [0.4, 0.5) is 5.82 Å². The van der Waals surface area contributed by atoms with Gasteiger partial charge in [-0.1, -0.05) is 37.6 Å². The minimum absolute atomic E-state index is 0.298. The molecule has 0 saturated heterocycles. The molecule has 0 atom stereocenters. The van der Waals surface area contributed by atoms with Crippen LogP contribution in [0.3, 0.4) is 0 Å². The maximum Gasteiger partial charge on any atom is 0.263 e. The van der Waals surface area contributed by atoms with Crippen LogP contribution < -0.4 is 10.5 Å². The van der Waals surface area contributed by atoms with E-state index in [0.29, 0.717) is 17.4 Å². The van der Waals surface area contributed by atoms with Crippen molar-refractivity contribution < 1.29 is 4.74 Å². The quantitative estimate of drug-likeness (QED) is 0.785. The minimum Gasteiger partial charge on any atom is -0.436 e. The smallest absolute Gasteiger partial charge is 0.263 e. The van der Waals surface area contributed by atoms with E-state index in [4.69, 9.17) is 10.5 Å². The second kappa shape index (κ2) is 5.79. The Balaban J connectivity index is 1.88. The molecular weight excluding hydrogens is 262 g/mol. The molecule has 3 rings (SSSR count). The van der Waals surface area contributed by atoms with Crippen molar-refractivity contribution in [3.05, 3.63) is 54.1 Å². The summed E-state index contributed by atoms with van der Waals surface area (Å²) in [4.78, 5) is 8.73. The molecule has 0 aliphatic heterocycles. The SMILES string of the molecule is CCCc1ccc(Oc2nc3ccccc3nc2N)cc1. The van der Waals surface area contributed by atoms with Gasteiger partial charge < -0.3 is 10.5 Å². The van der Waals surface area contributed by atoms with Gasteiger partial charge in [0, 0.05) is 0 Å². The zero-order valence-corrected chi connectivity index (χ0v) is 11.9. The molecule has 0 unspecified atom stereocenters. The van der Waals surface area contributed by atoms with E-state index in [1.54, 1.807) is 0 Å². The largest absolute Gasteiger partial charge is 0.436 e. The van der Waals surface area contributed by atoms with Gasteiger partial charge in [-0.15, -0.1) is 0 Å². The van der Waals surface area contributed by atoms with Gasteiger partial charge in [0.2, 0.25) is 0 Å².